The monoisotopic (exact) mass is 432 g/mol. The molecule has 4 aliphatic carbocycles. The molecule has 0 radical (unpaired) electrons. The summed E-state index contributed by atoms with van der Waals surface area (Å²) in [5.74, 6) is 2.20. The maximum Gasteiger partial charge on any atom is 0.302 e. The zero-order valence-electron chi connectivity index (χ0n) is 19.7. The molecule has 0 aromatic carbocycles. The topological polar surface area (TPSA) is 72.8 Å². The third-order valence-electron chi connectivity index (χ3n) is 9.36. The number of esters is 1. The van der Waals surface area contributed by atoms with E-state index < -0.39 is 0 Å². The molecule has 0 spiro atoms. The Balaban J connectivity index is 1.57. The van der Waals surface area contributed by atoms with Crippen molar-refractivity contribution in [2.75, 3.05) is 13.2 Å². The summed E-state index contributed by atoms with van der Waals surface area (Å²) in [6.45, 7) is 8.65. The van der Waals surface area contributed by atoms with Crippen molar-refractivity contribution in [2.24, 2.45) is 34.5 Å². The molecule has 5 nitrogen and oxygen atoms in total. The van der Waals surface area contributed by atoms with Gasteiger partial charge in [-0.25, -0.2) is 0 Å². The lowest BCUT2D eigenvalue weighted by Crippen LogP contribution is -2.51. The van der Waals surface area contributed by atoms with Crippen LogP contribution in [0.1, 0.15) is 79.1 Å². The fourth-order valence-corrected chi connectivity index (χ4v) is 7.99. The Morgan fingerprint density at radius 3 is 2.68 bits per heavy atom. The number of fused-ring (bicyclic) bond motifs is 5. The molecule has 4 unspecified atom stereocenters. The molecular weight excluding hydrogens is 392 g/mol. The average molecular weight is 433 g/mol. The second kappa shape index (κ2) is 8.62. The third-order valence-corrected chi connectivity index (χ3v) is 9.36. The highest BCUT2D eigenvalue weighted by atomic mass is 16.5. The van der Waals surface area contributed by atoms with Crippen molar-refractivity contribution in [1.29, 1.82) is 0 Å². The van der Waals surface area contributed by atoms with Gasteiger partial charge in [0.25, 0.3) is 0 Å². The number of ether oxygens (including phenoxy) is 2. The molecule has 4 rings (SSSR count). The lowest BCUT2D eigenvalue weighted by Gasteiger charge is -2.57. The van der Waals surface area contributed by atoms with Crippen molar-refractivity contribution in [2.45, 2.75) is 91.3 Å². The van der Waals surface area contributed by atoms with Crippen molar-refractivity contribution in [3.05, 3.63) is 11.6 Å². The number of hydrogen-bond acceptors (Lipinski definition) is 5. The standard InChI is InChI=1S/C26H40O5/c1-16(30-12-11-27)13-18-14-23(29)26(4)10-8-22-21(24(18)26)6-5-19-15-20(31-17(2)28)7-9-25(19,22)3/h5,16,18,20-22,24,27H,6-15H2,1-4H3/t16-,18?,20-,21?,22?,24?,25-,26+/m0/s1. The van der Waals surface area contributed by atoms with Crippen molar-refractivity contribution in [3.63, 3.8) is 0 Å². The minimum Gasteiger partial charge on any atom is -0.462 e. The van der Waals surface area contributed by atoms with Crippen LogP contribution in [-0.2, 0) is 19.1 Å². The maximum absolute atomic E-state index is 13.2. The molecular formula is C26H40O5. The van der Waals surface area contributed by atoms with E-state index in [1.807, 2.05) is 0 Å². The summed E-state index contributed by atoms with van der Waals surface area (Å²) in [5, 5.41) is 9.09. The summed E-state index contributed by atoms with van der Waals surface area (Å²) in [4.78, 5) is 24.6. The lowest BCUT2D eigenvalue weighted by molar-refractivity contribution is -0.148. The van der Waals surface area contributed by atoms with E-state index in [9.17, 15) is 9.59 Å². The van der Waals surface area contributed by atoms with Crippen LogP contribution < -0.4 is 0 Å². The largest absolute Gasteiger partial charge is 0.462 e. The predicted octanol–water partition coefficient (Wildman–Crippen LogP) is 4.46. The average Bonchev–Trinajstić information content (AvgIpc) is 2.96. The highest BCUT2D eigenvalue weighted by Gasteiger charge is 2.61. The zero-order chi connectivity index (χ0) is 22.4. The predicted molar refractivity (Wildman–Crippen MR) is 118 cm³/mol. The van der Waals surface area contributed by atoms with E-state index in [1.165, 1.54) is 12.5 Å². The molecule has 0 aliphatic heterocycles. The number of carbonyl (C=O) groups is 2. The molecule has 0 heterocycles. The van der Waals surface area contributed by atoms with Crippen LogP contribution in [0.5, 0.6) is 0 Å². The molecule has 1 N–H and O–H groups in total. The van der Waals surface area contributed by atoms with Crippen molar-refractivity contribution in [3.8, 4) is 0 Å². The van der Waals surface area contributed by atoms with Crippen molar-refractivity contribution >= 4 is 11.8 Å². The van der Waals surface area contributed by atoms with E-state index in [4.69, 9.17) is 14.6 Å². The van der Waals surface area contributed by atoms with Crippen LogP contribution in [0.25, 0.3) is 0 Å². The number of Topliss-reactive ketones (excluding diaryl/α,β-unsaturated/α-hetero) is 1. The van der Waals surface area contributed by atoms with E-state index in [0.29, 0.717) is 42.5 Å². The van der Waals surface area contributed by atoms with Crippen LogP contribution in [0, 0.1) is 34.5 Å². The number of rotatable bonds is 6. The Kier molecular flexibility index (Phi) is 6.39. The van der Waals surface area contributed by atoms with Gasteiger partial charge in [0, 0.05) is 25.2 Å². The van der Waals surface area contributed by atoms with Crippen LogP contribution in [0.3, 0.4) is 0 Å². The Labute approximate surface area is 186 Å². The Morgan fingerprint density at radius 2 is 1.97 bits per heavy atom. The van der Waals surface area contributed by atoms with Gasteiger partial charge in [0.05, 0.1) is 19.3 Å². The fourth-order valence-electron chi connectivity index (χ4n) is 7.99. The molecule has 3 fully saturated rings. The molecule has 0 amide bonds. The second-order valence-electron chi connectivity index (χ2n) is 11.1. The van der Waals surface area contributed by atoms with E-state index in [0.717, 1.165) is 44.9 Å². The number of carbonyl (C=O) groups excluding carboxylic acids is 2. The quantitative estimate of drug-likeness (QED) is 0.495. The Morgan fingerprint density at radius 1 is 1.23 bits per heavy atom. The van der Waals surface area contributed by atoms with Crippen molar-refractivity contribution < 1.29 is 24.2 Å². The van der Waals surface area contributed by atoms with Crippen LogP contribution in [0.2, 0.25) is 0 Å². The number of allylic oxidation sites excluding steroid dienone is 1. The molecule has 8 atom stereocenters. The minimum absolute atomic E-state index is 0.0209. The highest BCUT2D eigenvalue weighted by molar-refractivity contribution is 5.87. The van der Waals surface area contributed by atoms with Gasteiger partial charge in [-0.3, -0.25) is 9.59 Å². The molecule has 5 heteroatoms. The summed E-state index contributed by atoms with van der Waals surface area (Å²) in [7, 11) is 0. The normalized spacial score (nSPS) is 42.8. The Bertz CT molecular complexity index is 744. The van der Waals surface area contributed by atoms with Gasteiger partial charge in [-0.1, -0.05) is 25.5 Å². The van der Waals surface area contributed by atoms with Crippen LogP contribution in [-0.4, -0.2) is 42.3 Å². The first-order valence-corrected chi connectivity index (χ1v) is 12.3. The van der Waals surface area contributed by atoms with Crippen LogP contribution >= 0.6 is 0 Å². The van der Waals surface area contributed by atoms with E-state index in [2.05, 4.69) is 26.8 Å². The first kappa shape index (κ1) is 23.0. The second-order valence-corrected chi connectivity index (χ2v) is 11.1. The first-order chi connectivity index (χ1) is 14.7. The lowest BCUT2D eigenvalue weighted by atomic mass is 9.47. The third kappa shape index (κ3) is 4.01. The minimum atomic E-state index is -0.195. The van der Waals surface area contributed by atoms with E-state index in [1.54, 1.807) is 0 Å². The number of hydrogen-bond donors (Lipinski definition) is 1. The molecule has 0 bridgehead atoms. The first-order valence-electron chi connectivity index (χ1n) is 12.3. The SMILES string of the molecule is CC(=O)O[C@H]1CC[C@@]2(C)C(=CCC3C2CC[C@]2(C)C(=O)CC(C[C@H](C)OCCO)C32)C1. The van der Waals surface area contributed by atoms with E-state index in [-0.39, 0.29) is 35.6 Å². The molecule has 3 saturated carbocycles. The molecule has 31 heavy (non-hydrogen) atoms. The number of aliphatic hydroxyl groups is 1. The fraction of sp³-hybridized carbons (Fsp3) is 0.846. The number of aliphatic hydroxyl groups excluding tert-OH is 1. The number of ketones is 1. The zero-order valence-corrected chi connectivity index (χ0v) is 19.7. The molecule has 0 aromatic heterocycles. The molecule has 174 valence electrons. The summed E-state index contributed by atoms with van der Waals surface area (Å²) in [5.41, 5.74) is 1.45. The van der Waals surface area contributed by atoms with Gasteiger partial charge in [-0.15, -0.1) is 0 Å². The molecule has 4 aliphatic rings. The van der Waals surface area contributed by atoms with Gasteiger partial charge >= 0.3 is 5.97 Å². The van der Waals surface area contributed by atoms with Crippen LogP contribution in [0.15, 0.2) is 11.6 Å². The van der Waals surface area contributed by atoms with Gasteiger partial charge in [0.2, 0.25) is 0 Å². The maximum atomic E-state index is 13.2. The smallest absolute Gasteiger partial charge is 0.302 e. The molecule has 0 aromatic rings. The Hall–Kier alpha value is -1.20. The summed E-state index contributed by atoms with van der Waals surface area (Å²) in [6, 6.07) is 0. The van der Waals surface area contributed by atoms with Gasteiger partial charge in [-0.2, -0.15) is 0 Å². The van der Waals surface area contributed by atoms with Crippen LogP contribution in [0.4, 0.5) is 0 Å². The highest BCUT2D eigenvalue weighted by Crippen LogP contribution is 2.65. The molecule has 0 saturated heterocycles. The van der Waals surface area contributed by atoms with Gasteiger partial charge in [-0.05, 0) is 74.5 Å². The van der Waals surface area contributed by atoms with Gasteiger partial charge in [0.15, 0.2) is 0 Å². The summed E-state index contributed by atoms with van der Waals surface area (Å²) >= 11 is 0. The van der Waals surface area contributed by atoms with Crippen molar-refractivity contribution in [1.82, 2.24) is 0 Å². The van der Waals surface area contributed by atoms with Gasteiger partial charge in [0.1, 0.15) is 11.9 Å². The van der Waals surface area contributed by atoms with E-state index >= 15 is 0 Å². The summed E-state index contributed by atoms with van der Waals surface area (Å²) in [6.07, 6.45) is 10.1. The summed E-state index contributed by atoms with van der Waals surface area (Å²) < 4.78 is 11.3. The van der Waals surface area contributed by atoms with Gasteiger partial charge < -0.3 is 14.6 Å².